The van der Waals surface area contributed by atoms with Crippen LogP contribution in [0.4, 0.5) is 0 Å². The van der Waals surface area contributed by atoms with Crippen molar-refractivity contribution in [3.63, 3.8) is 0 Å². The number of piperidine rings is 1. The quantitative estimate of drug-likeness (QED) is 0.902. The van der Waals surface area contributed by atoms with E-state index in [1.165, 1.54) is 12.8 Å². The molecule has 4 rings (SSSR count). The fourth-order valence-corrected chi connectivity index (χ4v) is 3.62. The minimum atomic E-state index is -0.0566. The number of hydrogen-bond acceptors (Lipinski definition) is 5. The van der Waals surface area contributed by atoms with Crippen LogP contribution >= 0.6 is 0 Å². The third-order valence-corrected chi connectivity index (χ3v) is 4.99. The molecule has 0 spiro atoms. The Kier molecular flexibility index (Phi) is 4.18. The van der Waals surface area contributed by atoms with Crippen molar-refractivity contribution in [3.8, 4) is 0 Å². The van der Waals surface area contributed by atoms with Gasteiger partial charge in [0.25, 0.3) is 5.56 Å². The molecule has 1 N–H and O–H groups in total. The van der Waals surface area contributed by atoms with E-state index in [1.807, 2.05) is 13.3 Å². The van der Waals surface area contributed by atoms with Crippen molar-refractivity contribution < 1.29 is 0 Å². The van der Waals surface area contributed by atoms with Crippen molar-refractivity contribution >= 4 is 0 Å². The number of hydrogen-bond donors (Lipinski definition) is 1. The Morgan fingerprint density at radius 2 is 2.21 bits per heavy atom. The van der Waals surface area contributed by atoms with Crippen LogP contribution in [-0.2, 0) is 13.0 Å². The zero-order chi connectivity index (χ0) is 16.5. The summed E-state index contributed by atoms with van der Waals surface area (Å²) < 4.78 is 2.27. The second-order valence-electron chi connectivity index (χ2n) is 6.94. The summed E-state index contributed by atoms with van der Waals surface area (Å²) in [7, 11) is 0. The van der Waals surface area contributed by atoms with Crippen molar-refractivity contribution in [2.75, 3.05) is 13.1 Å². The minimum absolute atomic E-state index is 0.0566. The first kappa shape index (κ1) is 15.5. The molecule has 128 valence electrons. The van der Waals surface area contributed by atoms with Crippen LogP contribution in [0.2, 0.25) is 0 Å². The van der Waals surface area contributed by atoms with Crippen LogP contribution in [0, 0.1) is 0 Å². The van der Waals surface area contributed by atoms with E-state index in [0.717, 1.165) is 49.7 Å². The van der Waals surface area contributed by atoms with E-state index in [0.29, 0.717) is 18.5 Å². The fraction of sp³-hybridized carbons (Fsp3) is 0.647. The maximum Gasteiger partial charge on any atom is 0.251 e. The Morgan fingerprint density at radius 3 is 3.00 bits per heavy atom. The number of likely N-dealkylation sites (tertiary alicyclic amines) is 1. The summed E-state index contributed by atoms with van der Waals surface area (Å²) in [6.07, 6.45) is 7.45. The first-order valence-electron chi connectivity index (χ1n) is 8.94. The van der Waals surface area contributed by atoms with Gasteiger partial charge in [0, 0.05) is 30.3 Å². The second kappa shape index (κ2) is 6.47. The third kappa shape index (κ3) is 3.26. The highest BCUT2D eigenvalue weighted by atomic mass is 16.1. The molecular formula is C17H24N6O. The fourth-order valence-electron chi connectivity index (χ4n) is 3.62. The molecule has 2 fully saturated rings. The van der Waals surface area contributed by atoms with Crippen LogP contribution in [0.15, 0.2) is 17.2 Å². The van der Waals surface area contributed by atoms with Gasteiger partial charge in [-0.05, 0) is 38.6 Å². The van der Waals surface area contributed by atoms with Crippen LogP contribution in [0.3, 0.4) is 0 Å². The van der Waals surface area contributed by atoms with Gasteiger partial charge in [-0.1, -0.05) is 6.92 Å². The standard InChI is InChI=1S/C17H24N6O/c1-2-13-8-16(24)20-15(19-13)10-22-7-3-4-12(9-22)17-21-18-11-23(17)14-5-6-14/h8,11-12,14H,2-7,9-10H2,1H3,(H,19,20,24)/t12-/m0/s1. The summed E-state index contributed by atoms with van der Waals surface area (Å²) >= 11 is 0. The van der Waals surface area contributed by atoms with E-state index in [1.54, 1.807) is 6.07 Å². The van der Waals surface area contributed by atoms with Crippen molar-refractivity contribution in [2.45, 2.75) is 57.5 Å². The van der Waals surface area contributed by atoms with E-state index in [4.69, 9.17) is 0 Å². The van der Waals surface area contributed by atoms with Crippen LogP contribution in [-0.4, -0.2) is 42.7 Å². The topological polar surface area (TPSA) is 79.7 Å². The SMILES string of the molecule is CCc1cc(=O)[nH]c(CN2CCC[C@H](c3nncn3C3CC3)C2)n1. The highest BCUT2D eigenvalue weighted by Gasteiger charge is 2.31. The lowest BCUT2D eigenvalue weighted by Crippen LogP contribution is -2.36. The molecule has 7 heteroatoms. The smallest absolute Gasteiger partial charge is 0.251 e. The zero-order valence-electron chi connectivity index (χ0n) is 14.1. The van der Waals surface area contributed by atoms with Crippen LogP contribution in [0.25, 0.3) is 0 Å². The van der Waals surface area contributed by atoms with E-state index < -0.39 is 0 Å². The minimum Gasteiger partial charge on any atom is -0.314 e. The Morgan fingerprint density at radius 1 is 1.33 bits per heavy atom. The van der Waals surface area contributed by atoms with Gasteiger partial charge < -0.3 is 9.55 Å². The molecule has 2 aliphatic rings. The summed E-state index contributed by atoms with van der Waals surface area (Å²) in [5, 5.41) is 8.53. The number of nitrogens with zero attached hydrogens (tertiary/aromatic N) is 5. The summed E-state index contributed by atoms with van der Waals surface area (Å²) in [4.78, 5) is 21.6. The van der Waals surface area contributed by atoms with Gasteiger partial charge in [-0.25, -0.2) is 4.98 Å². The van der Waals surface area contributed by atoms with Crippen molar-refractivity contribution in [3.05, 3.63) is 40.1 Å². The predicted molar refractivity (Wildman–Crippen MR) is 89.8 cm³/mol. The monoisotopic (exact) mass is 328 g/mol. The highest BCUT2D eigenvalue weighted by molar-refractivity contribution is 5.06. The Bertz CT molecular complexity index is 762. The summed E-state index contributed by atoms with van der Waals surface area (Å²) in [5.74, 6) is 2.32. The molecule has 24 heavy (non-hydrogen) atoms. The lowest BCUT2D eigenvalue weighted by Gasteiger charge is -2.32. The number of nitrogens with one attached hydrogen (secondary N) is 1. The average molecular weight is 328 g/mol. The molecule has 2 aromatic heterocycles. The number of rotatable bonds is 5. The first-order valence-corrected chi connectivity index (χ1v) is 8.94. The lowest BCUT2D eigenvalue weighted by molar-refractivity contribution is 0.190. The number of aromatic nitrogens is 5. The lowest BCUT2D eigenvalue weighted by atomic mass is 9.97. The molecule has 0 unspecified atom stereocenters. The Balaban J connectivity index is 1.48. The van der Waals surface area contributed by atoms with Crippen molar-refractivity contribution in [2.24, 2.45) is 0 Å². The maximum atomic E-state index is 11.8. The van der Waals surface area contributed by atoms with Crippen LogP contribution in [0.1, 0.15) is 61.9 Å². The van der Waals surface area contributed by atoms with Crippen molar-refractivity contribution in [1.29, 1.82) is 0 Å². The number of aryl methyl sites for hydroxylation is 1. The summed E-state index contributed by atoms with van der Waals surface area (Å²) in [6, 6.07) is 2.20. The molecule has 0 bridgehead atoms. The van der Waals surface area contributed by atoms with E-state index in [9.17, 15) is 4.79 Å². The third-order valence-electron chi connectivity index (χ3n) is 4.99. The molecule has 3 heterocycles. The van der Waals surface area contributed by atoms with E-state index in [2.05, 4.69) is 29.6 Å². The van der Waals surface area contributed by atoms with E-state index >= 15 is 0 Å². The molecule has 0 aromatic carbocycles. The normalized spacial score (nSPS) is 22.0. The number of H-pyrrole nitrogens is 1. The van der Waals surface area contributed by atoms with Gasteiger partial charge in [-0.3, -0.25) is 9.69 Å². The van der Waals surface area contributed by atoms with Gasteiger partial charge in [0.05, 0.1) is 6.54 Å². The van der Waals surface area contributed by atoms with Gasteiger partial charge in [0.2, 0.25) is 0 Å². The zero-order valence-corrected chi connectivity index (χ0v) is 14.1. The van der Waals surface area contributed by atoms with Gasteiger partial charge in [0.15, 0.2) is 0 Å². The average Bonchev–Trinajstić information content (AvgIpc) is 3.31. The molecule has 1 saturated heterocycles. The highest BCUT2D eigenvalue weighted by Crippen LogP contribution is 2.38. The van der Waals surface area contributed by atoms with Gasteiger partial charge in [-0.2, -0.15) is 0 Å². The van der Waals surface area contributed by atoms with Gasteiger partial charge in [0.1, 0.15) is 18.0 Å². The molecular weight excluding hydrogens is 304 g/mol. The van der Waals surface area contributed by atoms with Crippen LogP contribution < -0.4 is 5.56 Å². The summed E-state index contributed by atoms with van der Waals surface area (Å²) in [5.41, 5.74) is 0.801. The first-order chi connectivity index (χ1) is 11.7. The molecule has 1 saturated carbocycles. The van der Waals surface area contributed by atoms with E-state index in [-0.39, 0.29) is 5.56 Å². The molecule has 1 atom stereocenters. The molecule has 1 aliphatic heterocycles. The number of aromatic amines is 1. The molecule has 7 nitrogen and oxygen atoms in total. The largest absolute Gasteiger partial charge is 0.314 e. The second-order valence-corrected chi connectivity index (χ2v) is 6.94. The van der Waals surface area contributed by atoms with Crippen molar-refractivity contribution in [1.82, 2.24) is 29.6 Å². The Labute approximate surface area is 141 Å². The Hall–Kier alpha value is -2.02. The predicted octanol–water partition coefficient (Wildman–Crippen LogP) is 1.64. The van der Waals surface area contributed by atoms with Gasteiger partial charge in [-0.15, -0.1) is 10.2 Å². The summed E-state index contributed by atoms with van der Waals surface area (Å²) in [6.45, 7) is 4.70. The molecule has 0 radical (unpaired) electrons. The van der Waals surface area contributed by atoms with Gasteiger partial charge >= 0.3 is 0 Å². The molecule has 0 amide bonds. The molecule has 2 aromatic rings. The van der Waals surface area contributed by atoms with Crippen LogP contribution in [0.5, 0.6) is 0 Å². The maximum absolute atomic E-state index is 11.8. The molecule has 1 aliphatic carbocycles.